The van der Waals surface area contributed by atoms with Gasteiger partial charge in [-0.05, 0) is 61.2 Å². The first-order chi connectivity index (χ1) is 17.0. The van der Waals surface area contributed by atoms with Gasteiger partial charge in [0.2, 0.25) is 5.78 Å². The number of Topliss-reactive ketones (excluding diaryl/α,β-unsaturated/α-hetero) is 1. The van der Waals surface area contributed by atoms with Crippen LogP contribution in [0.3, 0.4) is 0 Å². The third-order valence-corrected chi connectivity index (χ3v) is 5.33. The molecule has 0 aliphatic rings. The van der Waals surface area contributed by atoms with Crippen molar-refractivity contribution in [3.05, 3.63) is 74.2 Å². The number of hydrogen-bond donors (Lipinski definition) is 1. The molecule has 0 heterocycles. The largest absolute Gasteiger partial charge is 0.456 e. The van der Waals surface area contributed by atoms with Crippen molar-refractivity contribution in [1.29, 1.82) is 0 Å². The maximum Gasteiger partial charge on any atom is 0.408 e. The highest BCUT2D eigenvalue weighted by Gasteiger charge is 2.26. The fourth-order valence-corrected chi connectivity index (χ4v) is 3.60. The van der Waals surface area contributed by atoms with Crippen LogP contribution >= 0.6 is 15.9 Å². The third kappa shape index (κ3) is 10.1. The molecule has 10 nitrogen and oxygen atoms in total. The molecule has 2 aromatic rings. The zero-order chi connectivity index (χ0) is 26.7. The maximum absolute atomic E-state index is 12.7. The number of alkyl carbamates (subject to hydrolysis) is 1. The fourth-order valence-electron chi connectivity index (χ4n) is 3.01. The summed E-state index contributed by atoms with van der Waals surface area (Å²) in [4.78, 5) is 47.7. The van der Waals surface area contributed by atoms with Crippen LogP contribution in [0.4, 0.5) is 10.5 Å². The highest BCUT2D eigenvalue weighted by atomic mass is 79.9. The van der Waals surface area contributed by atoms with Crippen molar-refractivity contribution in [3.63, 3.8) is 0 Å². The van der Waals surface area contributed by atoms with Gasteiger partial charge in [0.05, 0.1) is 11.5 Å². The molecule has 36 heavy (non-hydrogen) atoms. The maximum atomic E-state index is 12.7. The molecule has 194 valence electrons. The number of amides is 1. The second-order valence-corrected chi connectivity index (χ2v) is 9.69. The molecule has 0 aliphatic heterocycles. The van der Waals surface area contributed by atoms with E-state index in [0.29, 0.717) is 19.6 Å². The highest BCUT2D eigenvalue weighted by molar-refractivity contribution is 9.10. The van der Waals surface area contributed by atoms with E-state index in [1.807, 2.05) is 30.3 Å². The summed E-state index contributed by atoms with van der Waals surface area (Å²) in [5.41, 5.74) is 0.178. The Kier molecular flexibility index (Phi) is 11.0. The fraction of sp³-hybridized carbons (Fsp3) is 0.400. The Hall–Kier alpha value is -3.31. The number of esters is 1. The van der Waals surface area contributed by atoms with Gasteiger partial charge >= 0.3 is 12.1 Å². The van der Waals surface area contributed by atoms with Crippen molar-refractivity contribution >= 4 is 39.5 Å². The van der Waals surface area contributed by atoms with Gasteiger partial charge in [0.15, 0.2) is 6.61 Å². The third-order valence-electron chi connectivity index (χ3n) is 4.68. The highest BCUT2D eigenvalue weighted by Crippen LogP contribution is 2.23. The van der Waals surface area contributed by atoms with Crippen molar-refractivity contribution in [2.75, 3.05) is 13.2 Å². The molecule has 0 fully saturated rings. The molecule has 2 rings (SSSR count). The zero-order valence-corrected chi connectivity index (χ0v) is 21.9. The lowest BCUT2D eigenvalue weighted by Crippen LogP contribution is -2.44. The van der Waals surface area contributed by atoms with E-state index < -0.39 is 41.0 Å². The number of rotatable bonds is 12. The monoisotopic (exact) mass is 564 g/mol. The Labute approximate surface area is 217 Å². The standard InChI is InChI=1S/C25H29BrN2O8/c1-25(2,3)36-24(31)27-21(10-7-13-34-15-17-8-5-4-6-9-17)23(30)35-16-22(29)19-12-11-18(28(32)33)14-20(19)26/h4-6,8-9,11-12,14,21H,7,10,13,15-16H2,1-3H3,(H,27,31)/t21-/m0/s1. The molecule has 2 aromatic carbocycles. The number of non-ortho nitro benzene ring substituents is 1. The van der Waals surface area contributed by atoms with Crippen molar-refractivity contribution in [2.45, 2.75) is 51.9 Å². The second-order valence-electron chi connectivity index (χ2n) is 8.83. The number of nitro groups is 1. The Morgan fingerprint density at radius 2 is 1.81 bits per heavy atom. The van der Waals surface area contributed by atoms with Crippen molar-refractivity contribution in [2.24, 2.45) is 0 Å². The van der Waals surface area contributed by atoms with E-state index in [-0.39, 0.29) is 22.1 Å². The van der Waals surface area contributed by atoms with Gasteiger partial charge < -0.3 is 19.5 Å². The molecule has 1 atom stereocenters. The average Bonchev–Trinajstić information content (AvgIpc) is 2.80. The normalized spacial score (nSPS) is 11.9. The van der Waals surface area contributed by atoms with E-state index in [1.54, 1.807) is 20.8 Å². The Bertz CT molecular complexity index is 1070. The van der Waals surface area contributed by atoms with Crippen molar-refractivity contribution in [3.8, 4) is 0 Å². The summed E-state index contributed by atoms with van der Waals surface area (Å²) in [6, 6.07) is 12.2. The molecule has 0 radical (unpaired) electrons. The van der Waals surface area contributed by atoms with Gasteiger partial charge in [0, 0.05) is 28.8 Å². The first-order valence-electron chi connectivity index (χ1n) is 11.2. The zero-order valence-electron chi connectivity index (χ0n) is 20.3. The summed E-state index contributed by atoms with van der Waals surface area (Å²) >= 11 is 3.13. The first-order valence-corrected chi connectivity index (χ1v) is 12.0. The number of ether oxygens (including phenoxy) is 3. The minimum atomic E-state index is -1.06. The topological polar surface area (TPSA) is 134 Å². The van der Waals surface area contributed by atoms with Crippen LogP contribution < -0.4 is 5.32 Å². The molecule has 0 aromatic heterocycles. The predicted molar refractivity (Wildman–Crippen MR) is 135 cm³/mol. The second kappa shape index (κ2) is 13.7. The number of carbonyl (C=O) groups excluding carboxylic acids is 3. The number of carbonyl (C=O) groups is 3. The molecule has 1 amide bonds. The molecule has 0 unspecified atom stereocenters. The summed E-state index contributed by atoms with van der Waals surface area (Å²) in [5, 5.41) is 13.4. The minimum absolute atomic E-state index is 0.124. The van der Waals surface area contributed by atoms with Crippen molar-refractivity contribution < 1.29 is 33.5 Å². The lowest BCUT2D eigenvalue weighted by atomic mass is 10.1. The average molecular weight is 565 g/mol. The Morgan fingerprint density at radius 1 is 1.11 bits per heavy atom. The van der Waals surface area contributed by atoms with Gasteiger partial charge in [-0.15, -0.1) is 0 Å². The van der Waals surface area contributed by atoms with Gasteiger partial charge in [-0.1, -0.05) is 30.3 Å². The van der Waals surface area contributed by atoms with E-state index in [9.17, 15) is 24.5 Å². The van der Waals surface area contributed by atoms with Gasteiger partial charge in [-0.2, -0.15) is 0 Å². The van der Waals surface area contributed by atoms with Crippen LogP contribution in [0.5, 0.6) is 0 Å². The SMILES string of the molecule is CC(C)(C)OC(=O)N[C@@H](CCCOCc1ccccc1)C(=O)OCC(=O)c1ccc([N+](=O)[O-])cc1Br. The summed E-state index contributed by atoms with van der Waals surface area (Å²) in [6.45, 7) is 5.22. The molecular weight excluding hydrogens is 536 g/mol. The molecule has 0 saturated carbocycles. The molecule has 0 bridgehead atoms. The van der Waals surface area contributed by atoms with Crippen LogP contribution in [-0.4, -0.2) is 47.6 Å². The van der Waals surface area contributed by atoms with Crippen LogP contribution in [0.25, 0.3) is 0 Å². The predicted octanol–water partition coefficient (Wildman–Crippen LogP) is 4.97. The summed E-state index contributed by atoms with van der Waals surface area (Å²) < 4.78 is 16.2. The molecule has 0 aliphatic carbocycles. The summed E-state index contributed by atoms with van der Waals surface area (Å²) in [6.07, 6.45) is -0.161. The number of hydrogen-bond acceptors (Lipinski definition) is 8. The van der Waals surface area contributed by atoms with Gasteiger partial charge in [0.25, 0.3) is 5.69 Å². The minimum Gasteiger partial charge on any atom is -0.456 e. The van der Waals surface area contributed by atoms with E-state index >= 15 is 0 Å². The van der Waals surface area contributed by atoms with Gasteiger partial charge in [-0.25, -0.2) is 9.59 Å². The van der Waals surface area contributed by atoms with E-state index in [4.69, 9.17) is 14.2 Å². The van der Waals surface area contributed by atoms with Crippen LogP contribution in [0.15, 0.2) is 53.0 Å². The number of nitrogens with zero attached hydrogens (tertiary/aromatic N) is 1. The molecule has 0 saturated heterocycles. The molecule has 11 heteroatoms. The number of halogens is 1. The Balaban J connectivity index is 1.94. The van der Waals surface area contributed by atoms with Gasteiger partial charge in [0.1, 0.15) is 11.6 Å². The Morgan fingerprint density at radius 3 is 2.42 bits per heavy atom. The van der Waals surface area contributed by atoms with E-state index in [1.165, 1.54) is 18.2 Å². The van der Waals surface area contributed by atoms with Crippen LogP contribution in [-0.2, 0) is 25.6 Å². The molecule has 0 spiro atoms. The lowest BCUT2D eigenvalue weighted by molar-refractivity contribution is -0.384. The molecular formula is C25H29BrN2O8. The van der Waals surface area contributed by atoms with Gasteiger partial charge in [-0.3, -0.25) is 14.9 Å². The summed E-state index contributed by atoms with van der Waals surface area (Å²) in [5.74, 6) is -1.37. The molecule has 1 N–H and O–H groups in total. The van der Waals surface area contributed by atoms with Crippen LogP contribution in [0.2, 0.25) is 0 Å². The van der Waals surface area contributed by atoms with Crippen molar-refractivity contribution in [1.82, 2.24) is 5.32 Å². The quantitative estimate of drug-likeness (QED) is 0.125. The van der Waals surface area contributed by atoms with Crippen LogP contribution in [0, 0.1) is 10.1 Å². The number of nitrogens with one attached hydrogen (secondary N) is 1. The smallest absolute Gasteiger partial charge is 0.408 e. The van der Waals surface area contributed by atoms with E-state index in [2.05, 4.69) is 21.2 Å². The number of nitro benzene ring substituents is 1. The van der Waals surface area contributed by atoms with E-state index in [0.717, 1.165) is 5.56 Å². The first kappa shape index (κ1) is 28.9. The number of benzene rings is 2. The van der Waals surface area contributed by atoms with Crippen LogP contribution in [0.1, 0.15) is 49.5 Å². The summed E-state index contributed by atoms with van der Waals surface area (Å²) in [7, 11) is 0. The lowest BCUT2D eigenvalue weighted by Gasteiger charge is -2.23. The number of ketones is 1.